The summed E-state index contributed by atoms with van der Waals surface area (Å²) in [5.41, 5.74) is -0.0510. The number of hydrogen-bond donors (Lipinski definition) is 2. The quantitative estimate of drug-likeness (QED) is 0.617. The summed E-state index contributed by atoms with van der Waals surface area (Å²) < 4.78 is 5.54. The largest absolute Gasteiger partial charge is 0.393 e. The van der Waals surface area contributed by atoms with Crippen molar-refractivity contribution in [3.8, 4) is 0 Å². The topological polar surface area (TPSA) is 41.5 Å². The van der Waals surface area contributed by atoms with Crippen molar-refractivity contribution in [1.29, 1.82) is 0 Å². The van der Waals surface area contributed by atoms with Crippen molar-refractivity contribution in [2.75, 3.05) is 19.7 Å². The summed E-state index contributed by atoms with van der Waals surface area (Å²) in [7, 11) is 0. The molecule has 0 bridgehead atoms. The number of ether oxygens (including phenoxy) is 1. The Morgan fingerprint density at radius 3 is 2.43 bits per heavy atom. The zero-order chi connectivity index (χ0) is 11.0. The molecule has 0 aliphatic heterocycles. The highest BCUT2D eigenvalue weighted by Gasteiger charge is 2.08. The molecular weight excluding hydrogens is 178 g/mol. The molecule has 0 spiro atoms. The number of nitrogens with one attached hydrogen (secondary N) is 1. The molecule has 3 heteroatoms. The summed E-state index contributed by atoms with van der Waals surface area (Å²) >= 11 is 0. The fourth-order valence-corrected chi connectivity index (χ4v) is 1.03. The first-order valence-electron chi connectivity index (χ1n) is 5.48. The fraction of sp³-hybridized carbons (Fsp3) is 1.00. The van der Waals surface area contributed by atoms with Crippen LogP contribution >= 0.6 is 0 Å². The van der Waals surface area contributed by atoms with Gasteiger partial charge < -0.3 is 15.2 Å². The second-order valence-corrected chi connectivity index (χ2v) is 4.56. The van der Waals surface area contributed by atoms with Crippen LogP contribution in [0.1, 0.15) is 40.5 Å². The molecule has 0 saturated carbocycles. The van der Waals surface area contributed by atoms with Crippen molar-refractivity contribution in [2.45, 2.75) is 52.2 Å². The van der Waals surface area contributed by atoms with Gasteiger partial charge >= 0.3 is 0 Å². The highest BCUT2D eigenvalue weighted by atomic mass is 16.5. The molecule has 3 nitrogen and oxygen atoms in total. The van der Waals surface area contributed by atoms with Crippen LogP contribution in [0.2, 0.25) is 0 Å². The Kier molecular flexibility index (Phi) is 7.15. The van der Waals surface area contributed by atoms with Crippen molar-refractivity contribution < 1.29 is 9.84 Å². The summed E-state index contributed by atoms with van der Waals surface area (Å²) in [5, 5.41) is 12.5. The lowest BCUT2D eigenvalue weighted by molar-refractivity contribution is -0.00101. The molecule has 14 heavy (non-hydrogen) atoms. The number of hydrogen-bond acceptors (Lipinski definition) is 3. The molecule has 86 valence electrons. The molecule has 0 aromatic rings. The maximum Gasteiger partial charge on any atom is 0.0599 e. The normalized spacial score (nSPS) is 14.4. The minimum absolute atomic E-state index is 0.0510. The second kappa shape index (κ2) is 7.21. The second-order valence-electron chi connectivity index (χ2n) is 4.56. The first-order valence-corrected chi connectivity index (χ1v) is 5.48. The van der Waals surface area contributed by atoms with E-state index in [1.165, 1.54) is 0 Å². The molecule has 0 aliphatic carbocycles. The summed E-state index contributed by atoms with van der Waals surface area (Å²) in [6.07, 6.45) is 1.50. The fourth-order valence-electron chi connectivity index (χ4n) is 1.03. The van der Waals surface area contributed by atoms with Gasteiger partial charge in [-0.05, 0) is 40.2 Å². The van der Waals surface area contributed by atoms with E-state index in [-0.39, 0.29) is 11.7 Å². The zero-order valence-electron chi connectivity index (χ0n) is 9.97. The first kappa shape index (κ1) is 13.9. The van der Waals surface area contributed by atoms with E-state index in [9.17, 15) is 5.11 Å². The third-order valence-corrected chi connectivity index (χ3v) is 1.94. The molecule has 0 heterocycles. The SMILES string of the molecule is CCC(O)CCNCCOC(C)(C)C. The number of aliphatic hydroxyl groups excluding tert-OH is 1. The zero-order valence-corrected chi connectivity index (χ0v) is 9.97. The summed E-state index contributed by atoms with van der Waals surface area (Å²) in [5.74, 6) is 0. The summed E-state index contributed by atoms with van der Waals surface area (Å²) in [4.78, 5) is 0. The summed E-state index contributed by atoms with van der Waals surface area (Å²) in [6.45, 7) is 10.6. The number of aliphatic hydroxyl groups is 1. The molecule has 0 amide bonds. The van der Waals surface area contributed by atoms with E-state index in [4.69, 9.17) is 4.74 Å². The Hall–Kier alpha value is -0.120. The van der Waals surface area contributed by atoms with E-state index in [0.29, 0.717) is 0 Å². The molecule has 0 saturated heterocycles. The Morgan fingerprint density at radius 1 is 1.29 bits per heavy atom. The predicted molar refractivity (Wildman–Crippen MR) is 59.5 cm³/mol. The van der Waals surface area contributed by atoms with Gasteiger partial charge in [-0.15, -0.1) is 0 Å². The summed E-state index contributed by atoms with van der Waals surface area (Å²) in [6, 6.07) is 0. The predicted octanol–water partition coefficient (Wildman–Crippen LogP) is 1.55. The van der Waals surface area contributed by atoms with Gasteiger partial charge in [0.05, 0.1) is 18.3 Å². The van der Waals surface area contributed by atoms with Crippen molar-refractivity contribution in [3.63, 3.8) is 0 Å². The molecule has 0 fully saturated rings. The molecular formula is C11H25NO2. The van der Waals surface area contributed by atoms with Crippen LogP contribution in [0.4, 0.5) is 0 Å². The molecule has 0 aliphatic rings. The Bertz CT molecular complexity index is 132. The molecule has 0 aromatic heterocycles. The van der Waals surface area contributed by atoms with Crippen molar-refractivity contribution in [3.05, 3.63) is 0 Å². The van der Waals surface area contributed by atoms with Crippen LogP contribution in [-0.2, 0) is 4.74 Å². The van der Waals surface area contributed by atoms with Crippen molar-refractivity contribution in [1.82, 2.24) is 5.32 Å². The minimum Gasteiger partial charge on any atom is -0.393 e. The van der Waals surface area contributed by atoms with Crippen LogP contribution in [0.25, 0.3) is 0 Å². The molecule has 0 aromatic carbocycles. The lowest BCUT2D eigenvalue weighted by atomic mass is 10.2. The van der Waals surface area contributed by atoms with E-state index in [1.54, 1.807) is 0 Å². The van der Waals surface area contributed by atoms with Crippen LogP contribution in [0, 0.1) is 0 Å². The standard InChI is InChI=1S/C11H25NO2/c1-5-10(13)6-7-12-8-9-14-11(2,3)4/h10,12-13H,5-9H2,1-4H3. The van der Waals surface area contributed by atoms with Crippen LogP contribution in [0.3, 0.4) is 0 Å². The van der Waals surface area contributed by atoms with Gasteiger partial charge in [0.1, 0.15) is 0 Å². The smallest absolute Gasteiger partial charge is 0.0599 e. The monoisotopic (exact) mass is 203 g/mol. The van der Waals surface area contributed by atoms with Gasteiger partial charge in [-0.25, -0.2) is 0 Å². The average molecular weight is 203 g/mol. The van der Waals surface area contributed by atoms with Crippen LogP contribution < -0.4 is 5.32 Å². The molecule has 1 unspecified atom stereocenters. The Morgan fingerprint density at radius 2 is 1.93 bits per heavy atom. The van der Waals surface area contributed by atoms with E-state index < -0.39 is 0 Å². The average Bonchev–Trinajstić information content (AvgIpc) is 2.08. The minimum atomic E-state index is -0.161. The highest BCUT2D eigenvalue weighted by Crippen LogP contribution is 2.05. The molecule has 0 radical (unpaired) electrons. The first-order chi connectivity index (χ1) is 6.45. The van der Waals surface area contributed by atoms with Gasteiger partial charge in [0.2, 0.25) is 0 Å². The van der Waals surface area contributed by atoms with Gasteiger partial charge in [-0.1, -0.05) is 6.92 Å². The third kappa shape index (κ3) is 9.96. The van der Waals surface area contributed by atoms with E-state index >= 15 is 0 Å². The molecule has 1 atom stereocenters. The van der Waals surface area contributed by atoms with Gasteiger partial charge in [0.25, 0.3) is 0 Å². The lowest BCUT2D eigenvalue weighted by Gasteiger charge is -2.19. The number of rotatable bonds is 7. The van der Waals surface area contributed by atoms with Gasteiger partial charge in [0.15, 0.2) is 0 Å². The Labute approximate surface area is 87.8 Å². The Balaban J connectivity index is 3.14. The van der Waals surface area contributed by atoms with Crippen LogP contribution in [0.15, 0.2) is 0 Å². The van der Waals surface area contributed by atoms with Gasteiger partial charge in [-0.3, -0.25) is 0 Å². The van der Waals surface area contributed by atoms with Crippen molar-refractivity contribution in [2.24, 2.45) is 0 Å². The maximum atomic E-state index is 9.27. The van der Waals surface area contributed by atoms with Crippen LogP contribution in [0.5, 0.6) is 0 Å². The molecule has 0 rings (SSSR count). The van der Waals surface area contributed by atoms with Gasteiger partial charge in [0, 0.05) is 6.54 Å². The van der Waals surface area contributed by atoms with E-state index in [0.717, 1.165) is 32.5 Å². The third-order valence-electron chi connectivity index (χ3n) is 1.94. The highest BCUT2D eigenvalue weighted by molar-refractivity contribution is 4.60. The molecule has 2 N–H and O–H groups in total. The maximum absolute atomic E-state index is 9.27. The lowest BCUT2D eigenvalue weighted by Crippen LogP contribution is -2.28. The van der Waals surface area contributed by atoms with E-state index in [1.807, 2.05) is 27.7 Å². The van der Waals surface area contributed by atoms with E-state index in [2.05, 4.69) is 5.32 Å². The van der Waals surface area contributed by atoms with Crippen molar-refractivity contribution >= 4 is 0 Å². The van der Waals surface area contributed by atoms with Gasteiger partial charge in [-0.2, -0.15) is 0 Å². The van der Waals surface area contributed by atoms with Crippen LogP contribution in [-0.4, -0.2) is 36.5 Å².